The minimum Gasteiger partial charge on any atom is -0.481 e. The number of carbonyl (C=O) groups excluding carboxylic acids is 1. The summed E-state index contributed by atoms with van der Waals surface area (Å²) in [6.45, 7) is 4.28. The molecule has 0 aliphatic carbocycles. The summed E-state index contributed by atoms with van der Waals surface area (Å²) in [6, 6.07) is 5.41. The molecule has 110 valence electrons. The van der Waals surface area contributed by atoms with Gasteiger partial charge in [0.2, 0.25) is 0 Å². The Balaban J connectivity index is 2.57. The molecule has 0 aliphatic rings. The normalized spacial score (nSPS) is 12.2. The molecule has 1 unspecified atom stereocenters. The van der Waals surface area contributed by atoms with Crippen LogP contribution in [0.2, 0.25) is 0 Å². The van der Waals surface area contributed by atoms with Crippen molar-refractivity contribution >= 4 is 11.9 Å². The number of hydrogen-bond acceptors (Lipinski definition) is 2. The van der Waals surface area contributed by atoms with Gasteiger partial charge in [-0.05, 0) is 36.5 Å². The van der Waals surface area contributed by atoms with E-state index in [-0.39, 0.29) is 30.4 Å². The van der Waals surface area contributed by atoms with Gasteiger partial charge in [-0.15, -0.1) is 0 Å². The average molecular weight is 281 g/mol. The summed E-state index contributed by atoms with van der Waals surface area (Å²) in [5, 5.41) is 11.5. The largest absolute Gasteiger partial charge is 0.481 e. The molecule has 0 bridgehead atoms. The van der Waals surface area contributed by atoms with Crippen molar-refractivity contribution in [2.24, 2.45) is 11.8 Å². The molecule has 0 radical (unpaired) electrons. The summed E-state index contributed by atoms with van der Waals surface area (Å²) >= 11 is 0. The zero-order valence-corrected chi connectivity index (χ0v) is 11.7. The molecule has 0 heterocycles. The minimum absolute atomic E-state index is 0.0155. The number of carbonyl (C=O) groups is 2. The maximum atomic E-state index is 13.0. The summed E-state index contributed by atoms with van der Waals surface area (Å²) < 4.78 is 13.0. The van der Waals surface area contributed by atoms with E-state index in [0.29, 0.717) is 5.92 Å². The summed E-state index contributed by atoms with van der Waals surface area (Å²) in [7, 11) is 0. The van der Waals surface area contributed by atoms with Gasteiger partial charge >= 0.3 is 5.97 Å². The zero-order valence-electron chi connectivity index (χ0n) is 11.7. The van der Waals surface area contributed by atoms with Gasteiger partial charge in [-0.25, -0.2) is 4.39 Å². The van der Waals surface area contributed by atoms with Crippen LogP contribution < -0.4 is 5.32 Å². The van der Waals surface area contributed by atoms with Crippen LogP contribution in [0.5, 0.6) is 0 Å². The second-order valence-electron chi connectivity index (χ2n) is 5.31. The SMILES string of the molecule is CC(C)CC(CNC(=O)c1cccc(F)c1)CC(=O)O. The highest BCUT2D eigenvalue weighted by atomic mass is 19.1. The van der Waals surface area contributed by atoms with Crippen LogP contribution in [0.25, 0.3) is 0 Å². The number of hydrogen-bond donors (Lipinski definition) is 2. The number of aliphatic carboxylic acids is 1. The van der Waals surface area contributed by atoms with Gasteiger partial charge in [0.15, 0.2) is 0 Å². The Morgan fingerprint density at radius 1 is 1.35 bits per heavy atom. The lowest BCUT2D eigenvalue weighted by molar-refractivity contribution is -0.138. The molecule has 0 saturated heterocycles. The smallest absolute Gasteiger partial charge is 0.303 e. The van der Waals surface area contributed by atoms with E-state index in [1.165, 1.54) is 18.2 Å². The van der Waals surface area contributed by atoms with Crippen molar-refractivity contribution in [1.29, 1.82) is 0 Å². The second-order valence-corrected chi connectivity index (χ2v) is 5.31. The maximum Gasteiger partial charge on any atom is 0.303 e. The van der Waals surface area contributed by atoms with Crippen LogP contribution in [-0.4, -0.2) is 23.5 Å². The first-order valence-electron chi connectivity index (χ1n) is 6.64. The number of nitrogens with one attached hydrogen (secondary N) is 1. The number of halogens is 1. The van der Waals surface area contributed by atoms with Crippen LogP contribution in [0.1, 0.15) is 37.0 Å². The molecule has 0 fully saturated rings. The van der Waals surface area contributed by atoms with Gasteiger partial charge in [0.1, 0.15) is 5.82 Å². The van der Waals surface area contributed by atoms with E-state index in [0.717, 1.165) is 12.5 Å². The van der Waals surface area contributed by atoms with Crippen molar-refractivity contribution in [2.45, 2.75) is 26.7 Å². The molecule has 1 aromatic carbocycles. The Labute approximate surface area is 118 Å². The molecule has 1 atom stereocenters. The standard InChI is InChI=1S/C15H20FNO3/c1-10(2)6-11(7-14(18)19)9-17-15(20)12-4-3-5-13(16)8-12/h3-5,8,10-11H,6-7,9H2,1-2H3,(H,17,20)(H,18,19). The molecule has 1 aromatic rings. The fourth-order valence-corrected chi connectivity index (χ4v) is 2.12. The van der Waals surface area contributed by atoms with E-state index in [1.807, 2.05) is 13.8 Å². The van der Waals surface area contributed by atoms with Gasteiger partial charge in [-0.2, -0.15) is 0 Å². The van der Waals surface area contributed by atoms with Gasteiger partial charge in [-0.1, -0.05) is 19.9 Å². The third-order valence-electron chi connectivity index (χ3n) is 2.91. The first-order chi connectivity index (χ1) is 9.38. The highest BCUT2D eigenvalue weighted by molar-refractivity contribution is 5.94. The number of carboxylic acid groups (broad SMARTS) is 1. The molecule has 20 heavy (non-hydrogen) atoms. The Morgan fingerprint density at radius 2 is 2.05 bits per heavy atom. The van der Waals surface area contributed by atoms with E-state index in [1.54, 1.807) is 0 Å². The van der Waals surface area contributed by atoms with Crippen molar-refractivity contribution in [1.82, 2.24) is 5.32 Å². The highest BCUT2D eigenvalue weighted by Gasteiger charge is 2.16. The third-order valence-corrected chi connectivity index (χ3v) is 2.91. The molecule has 1 rings (SSSR count). The van der Waals surface area contributed by atoms with Gasteiger partial charge < -0.3 is 10.4 Å². The van der Waals surface area contributed by atoms with Crippen LogP contribution >= 0.6 is 0 Å². The predicted molar refractivity (Wildman–Crippen MR) is 73.9 cm³/mol. The molecule has 5 heteroatoms. The van der Waals surface area contributed by atoms with Crippen molar-refractivity contribution in [3.63, 3.8) is 0 Å². The van der Waals surface area contributed by atoms with Crippen molar-refractivity contribution in [3.8, 4) is 0 Å². The van der Waals surface area contributed by atoms with Crippen molar-refractivity contribution in [3.05, 3.63) is 35.6 Å². The molecular weight excluding hydrogens is 261 g/mol. The van der Waals surface area contributed by atoms with Crippen LogP contribution in [0, 0.1) is 17.7 Å². The average Bonchev–Trinajstić information content (AvgIpc) is 2.34. The first-order valence-corrected chi connectivity index (χ1v) is 6.64. The fourth-order valence-electron chi connectivity index (χ4n) is 2.12. The summed E-state index contributed by atoms with van der Waals surface area (Å²) in [5.74, 6) is -1.50. The van der Waals surface area contributed by atoms with E-state index >= 15 is 0 Å². The molecule has 0 saturated carbocycles. The lowest BCUT2D eigenvalue weighted by Gasteiger charge is -2.17. The Hall–Kier alpha value is -1.91. The van der Waals surface area contributed by atoms with Crippen molar-refractivity contribution < 1.29 is 19.1 Å². The molecule has 0 spiro atoms. The van der Waals surface area contributed by atoms with Crippen LogP contribution in [0.3, 0.4) is 0 Å². The van der Waals surface area contributed by atoms with Gasteiger partial charge in [0, 0.05) is 18.5 Å². The number of benzene rings is 1. The maximum absolute atomic E-state index is 13.0. The molecule has 0 aliphatic heterocycles. The topological polar surface area (TPSA) is 66.4 Å². The molecule has 1 amide bonds. The molecular formula is C15H20FNO3. The highest BCUT2D eigenvalue weighted by Crippen LogP contribution is 2.15. The molecule has 2 N–H and O–H groups in total. The third kappa shape index (κ3) is 5.82. The van der Waals surface area contributed by atoms with Crippen LogP contribution in [0.4, 0.5) is 4.39 Å². The number of amides is 1. The van der Waals surface area contributed by atoms with Gasteiger partial charge in [-0.3, -0.25) is 9.59 Å². The van der Waals surface area contributed by atoms with Crippen LogP contribution in [0.15, 0.2) is 24.3 Å². The number of rotatable bonds is 7. The fraction of sp³-hybridized carbons (Fsp3) is 0.467. The van der Waals surface area contributed by atoms with Crippen molar-refractivity contribution in [2.75, 3.05) is 6.54 Å². The van der Waals surface area contributed by atoms with Crippen LogP contribution in [-0.2, 0) is 4.79 Å². The Kier molecular flexibility index (Phi) is 6.15. The quantitative estimate of drug-likeness (QED) is 0.807. The second kappa shape index (κ2) is 7.62. The Morgan fingerprint density at radius 3 is 2.60 bits per heavy atom. The number of carboxylic acids is 1. The summed E-state index contributed by atoms with van der Waals surface area (Å²) in [5.41, 5.74) is 0.239. The molecule has 0 aromatic heterocycles. The van der Waals surface area contributed by atoms with E-state index in [2.05, 4.69) is 5.32 Å². The lowest BCUT2D eigenvalue weighted by Crippen LogP contribution is -2.31. The lowest BCUT2D eigenvalue weighted by atomic mass is 9.94. The summed E-state index contributed by atoms with van der Waals surface area (Å²) in [6.07, 6.45) is 0.733. The molecule has 4 nitrogen and oxygen atoms in total. The van der Waals surface area contributed by atoms with E-state index in [9.17, 15) is 14.0 Å². The zero-order chi connectivity index (χ0) is 15.1. The Bertz CT molecular complexity index is 474. The van der Waals surface area contributed by atoms with E-state index < -0.39 is 11.8 Å². The predicted octanol–water partition coefficient (Wildman–Crippen LogP) is 2.69. The first kappa shape index (κ1) is 16.1. The summed E-state index contributed by atoms with van der Waals surface area (Å²) in [4.78, 5) is 22.6. The minimum atomic E-state index is -0.879. The van der Waals surface area contributed by atoms with Gasteiger partial charge in [0.05, 0.1) is 0 Å². The monoisotopic (exact) mass is 281 g/mol. The van der Waals surface area contributed by atoms with Gasteiger partial charge in [0.25, 0.3) is 5.91 Å². The van der Waals surface area contributed by atoms with E-state index in [4.69, 9.17) is 5.11 Å².